The lowest BCUT2D eigenvalue weighted by molar-refractivity contribution is -0.142. The number of hydrogen-bond donors (Lipinski definition) is 2. The molecule has 0 saturated carbocycles. The fourth-order valence-electron chi connectivity index (χ4n) is 2.45. The molecule has 140 valence electrons. The Balaban J connectivity index is 2.09. The molecule has 0 aliphatic carbocycles. The molecule has 2 N–H and O–H groups in total. The summed E-state index contributed by atoms with van der Waals surface area (Å²) >= 11 is 0.869. The van der Waals surface area contributed by atoms with E-state index in [1.807, 2.05) is 13.8 Å². The van der Waals surface area contributed by atoms with E-state index in [0.29, 0.717) is 6.42 Å². The normalized spacial score (nSPS) is 12.7. The number of nitrogens with one attached hydrogen (secondary N) is 1. The van der Waals surface area contributed by atoms with Crippen molar-refractivity contribution in [3.63, 3.8) is 0 Å². The lowest BCUT2D eigenvalue weighted by atomic mass is 9.97. The second-order valence-electron chi connectivity index (χ2n) is 6.31. The van der Waals surface area contributed by atoms with Crippen LogP contribution < -0.4 is 5.32 Å². The Hall–Kier alpha value is -2.19. The van der Waals surface area contributed by atoms with Crippen LogP contribution in [0.3, 0.4) is 0 Å². The predicted octanol–water partition coefficient (Wildman–Crippen LogP) is 3.06. The minimum Gasteiger partial charge on any atom is -0.481 e. The van der Waals surface area contributed by atoms with Crippen molar-refractivity contribution in [1.29, 1.82) is 0 Å². The second-order valence-corrected chi connectivity index (χ2v) is 9.57. The van der Waals surface area contributed by atoms with Crippen molar-refractivity contribution in [2.75, 3.05) is 6.54 Å². The molecule has 0 bridgehead atoms. The first kappa shape index (κ1) is 20.1. The highest BCUT2D eigenvalue weighted by Crippen LogP contribution is 2.27. The Morgan fingerprint density at radius 2 is 1.77 bits per heavy atom. The summed E-state index contributed by atoms with van der Waals surface area (Å²) in [6.07, 6.45) is 0.452. The van der Waals surface area contributed by atoms with Crippen LogP contribution >= 0.6 is 11.3 Å². The first-order chi connectivity index (χ1) is 12.2. The molecule has 2 rings (SSSR count). The Morgan fingerprint density at radius 1 is 1.12 bits per heavy atom. The lowest BCUT2D eigenvalue weighted by Crippen LogP contribution is -2.33. The minimum absolute atomic E-state index is 0.00498. The van der Waals surface area contributed by atoms with Crippen molar-refractivity contribution in [2.24, 2.45) is 11.8 Å². The van der Waals surface area contributed by atoms with E-state index < -0.39 is 27.6 Å². The van der Waals surface area contributed by atoms with E-state index >= 15 is 0 Å². The number of amides is 1. The summed E-state index contributed by atoms with van der Waals surface area (Å²) in [5.74, 6) is -1.92. The number of rotatable bonds is 8. The molecule has 2 aromatic rings. The number of carboxylic acids is 1. The maximum Gasteiger partial charge on any atom is 0.308 e. The van der Waals surface area contributed by atoms with Crippen molar-refractivity contribution < 1.29 is 23.1 Å². The molecule has 0 spiro atoms. The van der Waals surface area contributed by atoms with Gasteiger partial charge in [-0.3, -0.25) is 9.59 Å². The number of benzene rings is 1. The highest BCUT2D eigenvalue weighted by atomic mass is 32.2. The number of hydrogen-bond acceptors (Lipinski definition) is 5. The van der Waals surface area contributed by atoms with Gasteiger partial charge in [-0.2, -0.15) is 0 Å². The molecule has 1 atom stereocenters. The van der Waals surface area contributed by atoms with Gasteiger partial charge in [-0.1, -0.05) is 32.0 Å². The Morgan fingerprint density at radius 3 is 2.35 bits per heavy atom. The standard InChI is InChI=1S/C18H21NO5S2/c1-12(2)10-13(18(21)22)11-19-17(20)15-8-9-16(25-15)26(23,24)14-6-4-3-5-7-14/h3-9,12-13H,10-11H2,1-2H3,(H,19,20)(H,21,22). The van der Waals surface area contributed by atoms with Crippen molar-refractivity contribution >= 4 is 33.1 Å². The highest BCUT2D eigenvalue weighted by molar-refractivity contribution is 7.93. The SMILES string of the molecule is CC(C)CC(CNC(=O)c1ccc(S(=O)(=O)c2ccccc2)s1)C(=O)O. The molecule has 6 nitrogen and oxygen atoms in total. The van der Waals surface area contributed by atoms with E-state index in [2.05, 4.69) is 5.32 Å². The summed E-state index contributed by atoms with van der Waals surface area (Å²) in [6, 6.07) is 10.8. The van der Waals surface area contributed by atoms with Crippen LogP contribution in [0.1, 0.15) is 29.9 Å². The number of carbonyl (C=O) groups is 2. The summed E-state index contributed by atoms with van der Waals surface area (Å²) < 4.78 is 25.2. The maximum absolute atomic E-state index is 12.5. The monoisotopic (exact) mass is 395 g/mol. The van der Waals surface area contributed by atoms with Gasteiger partial charge in [0.05, 0.1) is 15.7 Å². The predicted molar refractivity (Wildman–Crippen MR) is 99.1 cm³/mol. The molecule has 0 saturated heterocycles. The average Bonchev–Trinajstić information content (AvgIpc) is 3.09. The summed E-state index contributed by atoms with van der Waals surface area (Å²) in [4.78, 5) is 23.9. The van der Waals surface area contributed by atoms with Gasteiger partial charge in [0, 0.05) is 6.54 Å². The van der Waals surface area contributed by atoms with Crippen LogP contribution in [0.25, 0.3) is 0 Å². The van der Waals surface area contributed by atoms with E-state index in [0.717, 1.165) is 11.3 Å². The third-order valence-electron chi connectivity index (χ3n) is 3.74. The van der Waals surface area contributed by atoms with E-state index in [4.69, 9.17) is 0 Å². The largest absolute Gasteiger partial charge is 0.481 e. The molecule has 26 heavy (non-hydrogen) atoms. The second kappa shape index (κ2) is 8.46. The van der Waals surface area contributed by atoms with Crippen LogP contribution in [-0.4, -0.2) is 31.9 Å². The lowest BCUT2D eigenvalue weighted by Gasteiger charge is -2.15. The zero-order valence-corrected chi connectivity index (χ0v) is 16.1. The number of thiophene rings is 1. The fourth-order valence-corrected chi connectivity index (χ4v) is 5.09. The Labute approximate surface area is 156 Å². The molecule has 1 amide bonds. The van der Waals surface area contributed by atoms with Crippen molar-refractivity contribution in [3.05, 3.63) is 47.3 Å². The molecule has 0 fully saturated rings. The van der Waals surface area contributed by atoms with Gasteiger partial charge in [-0.05, 0) is 36.6 Å². The van der Waals surface area contributed by atoms with E-state index in [-0.39, 0.29) is 26.4 Å². The van der Waals surface area contributed by atoms with Gasteiger partial charge in [0.25, 0.3) is 5.91 Å². The molecule has 1 heterocycles. The van der Waals surface area contributed by atoms with E-state index in [1.165, 1.54) is 24.3 Å². The zero-order chi connectivity index (χ0) is 19.3. The molecular weight excluding hydrogens is 374 g/mol. The quantitative estimate of drug-likeness (QED) is 0.715. The summed E-state index contributed by atoms with van der Waals surface area (Å²) in [6.45, 7) is 3.83. The van der Waals surface area contributed by atoms with Crippen LogP contribution in [0, 0.1) is 11.8 Å². The molecule has 0 aliphatic rings. The fraction of sp³-hybridized carbons (Fsp3) is 0.333. The smallest absolute Gasteiger partial charge is 0.308 e. The van der Waals surface area contributed by atoms with Crippen LogP contribution in [0.4, 0.5) is 0 Å². The average molecular weight is 396 g/mol. The third kappa shape index (κ3) is 4.92. The molecule has 1 unspecified atom stereocenters. The number of carbonyl (C=O) groups excluding carboxylic acids is 1. The number of carboxylic acid groups (broad SMARTS) is 1. The zero-order valence-electron chi connectivity index (χ0n) is 14.5. The van der Waals surface area contributed by atoms with E-state index in [1.54, 1.807) is 18.2 Å². The van der Waals surface area contributed by atoms with Crippen molar-refractivity contribution in [3.8, 4) is 0 Å². The summed E-state index contributed by atoms with van der Waals surface area (Å²) in [7, 11) is -3.67. The van der Waals surface area contributed by atoms with Crippen molar-refractivity contribution in [1.82, 2.24) is 5.32 Å². The van der Waals surface area contributed by atoms with Crippen molar-refractivity contribution in [2.45, 2.75) is 29.4 Å². The Bertz CT molecular complexity index is 872. The van der Waals surface area contributed by atoms with Crippen LogP contribution in [0.5, 0.6) is 0 Å². The van der Waals surface area contributed by atoms with Gasteiger partial charge in [-0.25, -0.2) is 8.42 Å². The number of aliphatic carboxylic acids is 1. The van der Waals surface area contributed by atoms with Gasteiger partial charge >= 0.3 is 5.97 Å². The third-order valence-corrected chi connectivity index (χ3v) is 7.08. The summed E-state index contributed by atoms with van der Waals surface area (Å²) in [5.41, 5.74) is 0. The van der Waals surface area contributed by atoms with Gasteiger partial charge in [0.2, 0.25) is 9.84 Å². The molecule has 1 aromatic carbocycles. The molecule has 0 radical (unpaired) electrons. The highest BCUT2D eigenvalue weighted by Gasteiger charge is 2.23. The van der Waals surface area contributed by atoms with Gasteiger partial charge in [0.1, 0.15) is 4.21 Å². The van der Waals surface area contributed by atoms with Gasteiger partial charge < -0.3 is 10.4 Å². The summed E-state index contributed by atoms with van der Waals surface area (Å²) in [5, 5.41) is 11.8. The molecule has 1 aromatic heterocycles. The van der Waals surface area contributed by atoms with Crippen LogP contribution in [-0.2, 0) is 14.6 Å². The maximum atomic E-state index is 12.5. The van der Waals surface area contributed by atoms with Crippen LogP contribution in [0.2, 0.25) is 0 Å². The first-order valence-corrected chi connectivity index (χ1v) is 10.4. The topological polar surface area (TPSA) is 101 Å². The molecular formula is C18H21NO5S2. The minimum atomic E-state index is -3.67. The number of sulfone groups is 1. The Kier molecular flexibility index (Phi) is 6.55. The van der Waals surface area contributed by atoms with Gasteiger partial charge in [-0.15, -0.1) is 11.3 Å². The first-order valence-electron chi connectivity index (χ1n) is 8.12. The molecule has 8 heteroatoms. The van der Waals surface area contributed by atoms with E-state index in [9.17, 15) is 23.1 Å². The van der Waals surface area contributed by atoms with Crippen LogP contribution in [0.15, 0.2) is 51.6 Å². The molecule has 0 aliphatic heterocycles. The van der Waals surface area contributed by atoms with Gasteiger partial charge in [0.15, 0.2) is 0 Å².